The van der Waals surface area contributed by atoms with Gasteiger partial charge in [0.05, 0.1) is 9.82 Å². The summed E-state index contributed by atoms with van der Waals surface area (Å²) in [4.78, 5) is 17.4. The van der Waals surface area contributed by atoms with Crippen LogP contribution in [0, 0.1) is 17.0 Å². The lowest BCUT2D eigenvalue weighted by atomic mass is 10.2. The fraction of sp³-hybridized carbons (Fsp3) is 0.0909. The molecule has 0 spiro atoms. The fourth-order valence-corrected chi connectivity index (χ4v) is 3.00. The van der Waals surface area contributed by atoms with Crippen LogP contribution in [0.5, 0.6) is 0 Å². The fourth-order valence-electron chi connectivity index (χ4n) is 1.65. The van der Waals surface area contributed by atoms with Crippen molar-refractivity contribution in [2.24, 2.45) is 0 Å². The molecule has 0 fully saturated rings. The number of anilines is 1. The van der Waals surface area contributed by atoms with Gasteiger partial charge in [0.25, 0.3) is 15.7 Å². The summed E-state index contributed by atoms with van der Waals surface area (Å²) in [5.74, 6) is -0.214. The summed E-state index contributed by atoms with van der Waals surface area (Å²) in [5.41, 5.74) is -0.262. The zero-order valence-corrected chi connectivity index (χ0v) is 12.2. The van der Waals surface area contributed by atoms with Crippen LogP contribution in [0.1, 0.15) is 5.56 Å². The highest BCUT2D eigenvalue weighted by molar-refractivity contribution is 7.92. The number of hydrogen-bond donors (Lipinski definition) is 1. The molecule has 0 radical (unpaired) electrons. The van der Waals surface area contributed by atoms with Crippen LogP contribution in [0.15, 0.2) is 35.4 Å². The van der Waals surface area contributed by atoms with Gasteiger partial charge in [0.15, 0.2) is 0 Å². The molecule has 1 heterocycles. The Morgan fingerprint density at radius 1 is 1.33 bits per heavy atom. The molecule has 21 heavy (non-hydrogen) atoms. The molecule has 1 aromatic heterocycles. The Morgan fingerprint density at radius 2 is 2.05 bits per heavy atom. The van der Waals surface area contributed by atoms with Crippen molar-refractivity contribution >= 4 is 33.3 Å². The Kier molecular flexibility index (Phi) is 4.05. The molecule has 0 saturated carbocycles. The summed E-state index contributed by atoms with van der Waals surface area (Å²) in [7, 11) is -4.05. The predicted octanol–water partition coefficient (Wildman–Crippen LogP) is 2.15. The lowest BCUT2D eigenvalue weighted by Crippen LogP contribution is -2.16. The van der Waals surface area contributed by atoms with E-state index in [-0.39, 0.29) is 27.2 Å². The first-order chi connectivity index (χ1) is 9.81. The smallest absolute Gasteiger partial charge is 0.258 e. The van der Waals surface area contributed by atoms with Crippen LogP contribution in [0.2, 0.25) is 5.15 Å². The van der Waals surface area contributed by atoms with Gasteiger partial charge in [-0.1, -0.05) is 17.7 Å². The molecule has 0 amide bonds. The minimum absolute atomic E-state index is 0.0250. The van der Waals surface area contributed by atoms with E-state index in [0.29, 0.717) is 0 Å². The van der Waals surface area contributed by atoms with Crippen molar-refractivity contribution in [2.75, 3.05) is 4.72 Å². The molecule has 10 heteroatoms. The minimum Gasteiger partial charge on any atom is -0.258 e. The highest BCUT2D eigenvalue weighted by Gasteiger charge is 2.23. The SMILES string of the molecule is Cc1c([N+](=O)[O-])cccc1S(=O)(=O)Nc1nccc(Cl)n1. The van der Waals surface area contributed by atoms with Crippen LogP contribution < -0.4 is 4.72 Å². The standard InChI is InChI=1S/C11H9ClN4O4S/c1-7-8(16(17)18)3-2-4-9(7)21(19,20)15-11-13-6-5-10(12)14-11/h2-6H,1H3,(H,13,14,15). The van der Waals surface area contributed by atoms with Crippen molar-refractivity contribution in [2.45, 2.75) is 11.8 Å². The maximum Gasteiger partial charge on any atom is 0.273 e. The molecule has 1 aromatic carbocycles. The first-order valence-corrected chi connectivity index (χ1v) is 7.43. The third-order valence-electron chi connectivity index (χ3n) is 2.59. The van der Waals surface area contributed by atoms with E-state index in [4.69, 9.17) is 11.6 Å². The molecule has 0 bridgehead atoms. The highest BCUT2D eigenvalue weighted by Crippen LogP contribution is 2.25. The van der Waals surface area contributed by atoms with Gasteiger partial charge in [0.2, 0.25) is 5.95 Å². The Labute approximate surface area is 125 Å². The van der Waals surface area contributed by atoms with Gasteiger partial charge in [0.1, 0.15) is 5.15 Å². The highest BCUT2D eigenvalue weighted by atomic mass is 35.5. The van der Waals surface area contributed by atoms with E-state index in [1.54, 1.807) is 0 Å². The van der Waals surface area contributed by atoms with Crippen LogP contribution in [-0.2, 0) is 10.0 Å². The Balaban J connectivity index is 2.45. The van der Waals surface area contributed by atoms with Crippen molar-refractivity contribution in [3.05, 3.63) is 51.3 Å². The average molecular weight is 329 g/mol. The summed E-state index contributed by atoms with van der Waals surface area (Å²) >= 11 is 5.64. The monoisotopic (exact) mass is 328 g/mol. The lowest BCUT2D eigenvalue weighted by molar-refractivity contribution is -0.385. The zero-order valence-electron chi connectivity index (χ0n) is 10.6. The maximum absolute atomic E-state index is 12.3. The van der Waals surface area contributed by atoms with Crippen LogP contribution in [0.3, 0.4) is 0 Å². The summed E-state index contributed by atoms with van der Waals surface area (Å²) in [6.07, 6.45) is 1.29. The zero-order chi connectivity index (χ0) is 15.6. The molecule has 2 rings (SSSR count). The lowest BCUT2D eigenvalue weighted by Gasteiger charge is -2.09. The number of hydrogen-bond acceptors (Lipinski definition) is 6. The van der Waals surface area contributed by atoms with E-state index in [1.807, 2.05) is 0 Å². The van der Waals surface area contributed by atoms with E-state index in [9.17, 15) is 18.5 Å². The predicted molar refractivity (Wildman–Crippen MR) is 75.7 cm³/mol. The molecule has 0 unspecified atom stereocenters. The second-order valence-corrected chi connectivity index (χ2v) is 6.00. The number of nitrogens with zero attached hydrogens (tertiary/aromatic N) is 3. The topological polar surface area (TPSA) is 115 Å². The molecule has 1 N–H and O–H groups in total. The molecule has 0 saturated heterocycles. The van der Waals surface area contributed by atoms with E-state index < -0.39 is 14.9 Å². The van der Waals surface area contributed by atoms with Gasteiger partial charge in [-0.3, -0.25) is 10.1 Å². The van der Waals surface area contributed by atoms with E-state index in [2.05, 4.69) is 14.7 Å². The van der Waals surface area contributed by atoms with Gasteiger partial charge in [-0.25, -0.2) is 23.1 Å². The molecule has 8 nitrogen and oxygen atoms in total. The van der Waals surface area contributed by atoms with Gasteiger partial charge < -0.3 is 0 Å². The molecule has 0 atom stereocenters. The molecule has 110 valence electrons. The molecule has 2 aromatic rings. The van der Waals surface area contributed by atoms with Gasteiger partial charge >= 0.3 is 0 Å². The van der Waals surface area contributed by atoms with Crippen molar-refractivity contribution in [1.82, 2.24) is 9.97 Å². The Bertz CT molecular complexity index is 810. The molecular formula is C11H9ClN4O4S. The van der Waals surface area contributed by atoms with Crippen molar-refractivity contribution in [3.8, 4) is 0 Å². The molecule has 0 aliphatic heterocycles. The summed E-state index contributed by atoms with van der Waals surface area (Å²) in [6, 6.07) is 5.16. The first kappa shape index (κ1) is 15.1. The summed E-state index contributed by atoms with van der Waals surface area (Å²) in [6.45, 7) is 1.35. The molecular weight excluding hydrogens is 320 g/mol. The quantitative estimate of drug-likeness (QED) is 0.522. The Morgan fingerprint density at radius 3 is 2.67 bits per heavy atom. The third-order valence-corrected chi connectivity index (χ3v) is 4.27. The van der Waals surface area contributed by atoms with E-state index in [0.717, 1.165) is 0 Å². The number of nitro groups is 1. The van der Waals surface area contributed by atoms with Crippen molar-refractivity contribution < 1.29 is 13.3 Å². The van der Waals surface area contributed by atoms with E-state index >= 15 is 0 Å². The number of nitrogens with one attached hydrogen (secondary N) is 1. The number of nitro benzene ring substituents is 1. The number of sulfonamides is 1. The van der Waals surface area contributed by atoms with E-state index in [1.165, 1.54) is 37.4 Å². The van der Waals surface area contributed by atoms with Gasteiger partial charge in [-0.15, -0.1) is 0 Å². The number of benzene rings is 1. The minimum atomic E-state index is -4.05. The van der Waals surface area contributed by atoms with Crippen LogP contribution in [-0.4, -0.2) is 23.3 Å². The first-order valence-electron chi connectivity index (χ1n) is 5.56. The number of halogens is 1. The number of rotatable bonds is 4. The van der Waals surface area contributed by atoms with Gasteiger partial charge in [-0.05, 0) is 19.1 Å². The van der Waals surface area contributed by atoms with Crippen LogP contribution in [0.25, 0.3) is 0 Å². The number of aromatic nitrogens is 2. The van der Waals surface area contributed by atoms with Gasteiger partial charge in [0, 0.05) is 17.8 Å². The average Bonchev–Trinajstić information content (AvgIpc) is 2.37. The summed E-state index contributed by atoms with van der Waals surface area (Å²) in [5, 5.41) is 10.9. The molecule has 0 aliphatic rings. The van der Waals surface area contributed by atoms with Crippen molar-refractivity contribution in [1.29, 1.82) is 0 Å². The summed E-state index contributed by atoms with van der Waals surface area (Å²) < 4.78 is 26.6. The van der Waals surface area contributed by atoms with Crippen LogP contribution in [0.4, 0.5) is 11.6 Å². The van der Waals surface area contributed by atoms with Gasteiger partial charge in [-0.2, -0.15) is 0 Å². The second-order valence-electron chi connectivity index (χ2n) is 3.97. The second kappa shape index (κ2) is 5.62. The largest absolute Gasteiger partial charge is 0.273 e. The maximum atomic E-state index is 12.3. The molecule has 0 aliphatic carbocycles. The Hall–Kier alpha value is -2.26. The van der Waals surface area contributed by atoms with Crippen molar-refractivity contribution in [3.63, 3.8) is 0 Å². The normalized spacial score (nSPS) is 11.1. The van der Waals surface area contributed by atoms with Crippen LogP contribution >= 0.6 is 11.6 Å². The third kappa shape index (κ3) is 3.26.